The van der Waals surface area contributed by atoms with Gasteiger partial charge in [-0.15, -0.1) is 0 Å². The SMILES string of the molecule is Cc1ccc2cc(Nc3nc(NC4CC4)c4occc4n3)ccc2n1. The molecule has 25 heavy (non-hydrogen) atoms. The van der Waals surface area contributed by atoms with E-state index in [9.17, 15) is 0 Å². The van der Waals surface area contributed by atoms with Crippen LogP contribution in [0.5, 0.6) is 0 Å². The van der Waals surface area contributed by atoms with Crippen molar-refractivity contribution in [1.29, 1.82) is 0 Å². The molecule has 0 saturated heterocycles. The molecule has 5 rings (SSSR count). The van der Waals surface area contributed by atoms with Gasteiger partial charge in [-0.3, -0.25) is 4.98 Å². The number of fused-ring (bicyclic) bond motifs is 2. The molecule has 1 fully saturated rings. The Hall–Kier alpha value is -3.15. The zero-order chi connectivity index (χ0) is 16.8. The maximum atomic E-state index is 5.53. The van der Waals surface area contributed by atoms with Gasteiger partial charge in [-0.2, -0.15) is 4.98 Å². The molecule has 4 aromatic rings. The molecular weight excluding hydrogens is 314 g/mol. The molecule has 0 bridgehead atoms. The first kappa shape index (κ1) is 14.2. The van der Waals surface area contributed by atoms with Gasteiger partial charge in [0.05, 0.1) is 11.8 Å². The predicted octanol–water partition coefficient (Wildman–Crippen LogP) is 4.40. The first-order chi connectivity index (χ1) is 12.2. The molecule has 0 aliphatic heterocycles. The fourth-order valence-electron chi connectivity index (χ4n) is 2.87. The highest BCUT2D eigenvalue weighted by molar-refractivity contribution is 5.86. The largest absolute Gasteiger partial charge is 0.459 e. The number of aromatic nitrogens is 3. The third-order valence-electron chi connectivity index (χ3n) is 4.31. The van der Waals surface area contributed by atoms with Crippen LogP contribution in [0.15, 0.2) is 47.1 Å². The predicted molar refractivity (Wildman–Crippen MR) is 98.2 cm³/mol. The minimum atomic E-state index is 0.492. The van der Waals surface area contributed by atoms with Crippen molar-refractivity contribution in [1.82, 2.24) is 15.0 Å². The molecule has 2 N–H and O–H groups in total. The van der Waals surface area contributed by atoms with Crippen LogP contribution in [-0.2, 0) is 0 Å². The Labute approximate surface area is 144 Å². The summed E-state index contributed by atoms with van der Waals surface area (Å²) in [6, 6.07) is 12.5. The Morgan fingerprint density at radius 3 is 2.80 bits per heavy atom. The van der Waals surface area contributed by atoms with E-state index in [0.717, 1.165) is 33.6 Å². The molecule has 1 aliphatic carbocycles. The molecule has 6 heteroatoms. The van der Waals surface area contributed by atoms with Crippen molar-refractivity contribution in [2.45, 2.75) is 25.8 Å². The van der Waals surface area contributed by atoms with E-state index in [1.807, 2.05) is 31.2 Å². The molecule has 1 aromatic carbocycles. The van der Waals surface area contributed by atoms with Crippen LogP contribution in [0, 0.1) is 6.92 Å². The van der Waals surface area contributed by atoms with E-state index in [1.165, 1.54) is 12.8 Å². The van der Waals surface area contributed by atoms with Crippen LogP contribution in [0.1, 0.15) is 18.5 Å². The van der Waals surface area contributed by atoms with E-state index in [4.69, 9.17) is 4.42 Å². The standard InChI is InChI=1S/C19H17N5O/c1-11-2-3-12-10-14(6-7-15(12)20-11)22-19-23-16-8-9-25-17(16)18(24-19)21-13-4-5-13/h2-3,6-10,13H,4-5H2,1H3,(H2,21,22,23,24). The van der Waals surface area contributed by atoms with Crippen molar-refractivity contribution in [2.75, 3.05) is 10.6 Å². The van der Waals surface area contributed by atoms with Gasteiger partial charge < -0.3 is 15.1 Å². The van der Waals surface area contributed by atoms with Gasteiger partial charge in [0.15, 0.2) is 11.4 Å². The van der Waals surface area contributed by atoms with Gasteiger partial charge in [0.2, 0.25) is 5.95 Å². The fourth-order valence-corrected chi connectivity index (χ4v) is 2.87. The van der Waals surface area contributed by atoms with Gasteiger partial charge >= 0.3 is 0 Å². The van der Waals surface area contributed by atoms with E-state index in [0.29, 0.717) is 17.6 Å². The highest BCUT2D eigenvalue weighted by atomic mass is 16.3. The second-order valence-corrected chi connectivity index (χ2v) is 6.43. The molecule has 0 atom stereocenters. The fraction of sp³-hybridized carbons (Fsp3) is 0.211. The Kier molecular flexibility index (Phi) is 3.09. The van der Waals surface area contributed by atoms with Crippen LogP contribution < -0.4 is 10.6 Å². The van der Waals surface area contributed by atoms with Gasteiger partial charge in [0.25, 0.3) is 0 Å². The minimum Gasteiger partial charge on any atom is -0.459 e. The summed E-state index contributed by atoms with van der Waals surface area (Å²) in [5.41, 5.74) is 4.42. The number of anilines is 3. The number of hydrogen-bond acceptors (Lipinski definition) is 6. The Bertz CT molecular complexity index is 1080. The van der Waals surface area contributed by atoms with Crippen LogP contribution in [0.25, 0.3) is 22.0 Å². The number of nitrogens with one attached hydrogen (secondary N) is 2. The lowest BCUT2D eigenvalue weighted by Crippen LogP contribution is -2.06. The molecule has 0 unspecified atom stereocenters. The van der Waals surface area contributed by atoms with Gasteiger partial charge in [0, 0.05) is 28.9 Å². The summed E-state index contributed by atoms with van der Waals surface area (Å²) in [7, 11) is 0. The van der Waals surface area contributed by atoms with Crippen molar-refractivity contribution < 1.29 is 4.42 Å². The van der Waals surface area contributed by atoms with Gasteiger partial charge in [-0.05, 0) is 44.0 Å². The molecular formula is C19H17N5O. The smallest absolute Gasteiger partial charge is 0.229 e. The van der Waals surface area contributed by atoms with Crippen LogP contribution in [0.2, 0.25) is 0 Å². The van der Waals surface area contributed by atoms with Crippen molar-refractivity contribution in [3.8, 4) is 0 Å². The number of furan rings is 1. The Morgan fingerprint density at radius 2 is 1.92 bits per heavy atom. The molecule has 1 aliphatic rings. The Morgan fingerprint density at radius 1 is 1.00 bits per heavy atom. The summed E-state index contributed by atoms with van der Waals surface area (Å²) >= 11 is 0. The summed E-state index contributed by atoms with van der Waals surface area (Å²) in [6.07, 6.45) is 3.99. The topological polar surface area (TPSA) is 75.9 Å². The zero-order valence-corrected chi connectivity index (χ0v) is 13.8. The molecule has 0 amide bonds. The van der Waals surface area contributed by atoms with E-state index < -0.39 is 0 Å². The number of pyridine rings is 1. The van der Waals surface area contributed by atoms with Crippen LogP contribution in [-0.4, -0.2) is 21.0 Å². The van der Waals surface area contributed by atoms with E-state index >= 15 is 0 Å². The first-order valence-corrected chi connectivity index (χ1v) is 8.41. The van der Waals surface area contributed by atoms with E-state index in [-0.39, 0.29) is 0 Å². The first-order valence-electron chi connectivity index (χ1n) is 8.41. The van der Waals surface area contributed by atoms with Crippen molar-refractivity contribution >= 4 is 39.5 Å². The lowest BCUT2D eigenvalue weighted by molar-refractivity contribution is 0.614. The number of aryl methyl sites for hydroxylation is 1. The maximum Gasteiger partial charge on any atom is 0.229 e. The molecule has 3 heterocycles. The highest BCUT2D eigenvalue weighted by Gasteiger charge is 2.23. The number of hydrogen-bond donors (Lipinski definition) is 2. The van der Waals surface area contributed by atoms with Crippen LogP contribution >= 0.6 is 0 Å². The zero-order valence-electron chi connectivity index (χ0n) is 13.8. The summed E-state index contributed by atoms with van der Waals surface area (Å²) in [5.74, 6) is 1.30. The summed E-state index contributed by atoms with van der Waals surface area (Å²) in [6.45, 7) is 1.99. The molecule has 1 saturated carbocycles. The molecule has 3 aromatic heterocycles. The quantitative estimate of drug-likeness (QED) is 0.577. The lowest BCUT2D eigenvalue weighted by atomic mass is 10.2. The maximum absolute atomic E-state index is 5.53. The van der Waals surface area contributed by atoms with E-state index in [2.05, 4.69) is 37.7 Å². The average molecular weight is 331 g/mol. The molecule has 0 radical (unpaired) electrons. The second kappa shape index (κ2) is 5.44. The van der Waals surface area contributed by atoms with E-state index in [1.54, 1.807) is 6.26 Å². The third kappa shape index (κ3) is 2.76. The third-order valence-corrected chi connectivity index (χ3v) is 4.31. The van der Waals surface area contributed by atoms with Gasteiger partial charge in [-0.25, -0.2) is 4.98 Å². The molecule has 124 valence electrons. The monoisotopic (exact) mass is 331 g/mol. The molecule has 6 nitrogen and oxygen atoms in total. The number of nitrogens with zero attached hydrogens (tertiary/aromatic N) is 3. The lowest BCUT2D eigenvalue weighted by Gasteiger charge is -2.09. The van der Waals surface area contributed by atoms with Crippen molar-refractivity contribution in [3.63, 3.8) is 0 Å². The average Bonchev–Trinajstić information content (AvgIpc) is 3.29. The Balaban J connectivity index is 1.51. The summed E-state index contributed by atoms with van der Waals surface area (Å²) in [5, 5.41) is 7.79. The van der Waals surface area contributed by atoms with Gasteiger partial charge in [-0.1, -0.05) is 6.07 Å². The van der Waals surface area contributed by atoms with Gasteiger partial charge in [0.1, 0.15) is 5.52 Å². The molecule has 0 spiro atoms. The normalized spacial score (nSPS) is 14.1. The highest BCUT2D eigenvalue weighted by Crippen LogP contribution is 2.30. The van der Waals surface area contributed by atoms with Crippen LogP contribution in [0.3, 0.4) is 0 Å². The summed E-state index contributed by atoms with van der Waals surface area (Å²) < 4.78 is 5.53. The second-order valence-electron chi connectivity index (χ2n) is 6.43. The number of rotatable bonds is 4. The number of benzene rings is 1. The van der Waals surface area contributed by atoms with Crippen molar-refractivity contribution in [3.05, 3.63) is 48.4 Å². The summed E-state index contributed by atoms with van der Waals surface area (Å²) in [4.78, 5) is 13.7. The van der Waals surface area contributed by atoms with Crippen molar-refractivity contribution in [2.24, 2.45) is 0 Å². The minimum absolute atomic E-state index is 0.492. The van der Waals surface area contributed by atoms with Crippen LogP contribution in [0.4, 0.5) is 17.5 Å².